The summed E-state index contributed by atoms with van der Waals surface area (Å²) in [6, 6.07) is 8.30. The van der Waals surface area contributed by atoms with Crippen LogP contribution in [-0.2, 0) is 9.53 Å². The number of rotatable bonds is 5. The highest BCUT2D eigenvalue weighted by Crippen LogP contribution is 2.22. The number of fused-ring (bicyclic) bond motifs is 1. The van der Waals surface area contributed by atoms with E-state index >= 15 is 0 Å². The molecule has 24 heavy (non-hydrogen) atoms. The van der Waals surface area contributed by atoms with E-state index in [9.17, 15) is 4.79 Å². The van der Waals surface area contributed by atoms with Gasteiger partial charge in [0, 0.05) is 25.2 Å². The first kappa shape index (κ1) is 17.0. The Labute approximate surface area is 143 Å². The number of ether oxygens (including phenoxy) is 2. The number of nitrogens with one attached hydrogen (secondary N) is 1. The van der Waals surface area contributed by atoms with Crippen LogP contribution in [0.2, 0.25) is 0 Å². The third-order valence-electron chi connectivity index (χ3n) is 4.84. The summed E-state index contributed by atoms with van der Waals surface area (Å²) in [4.78, 5) is 14.6. The fourth-order valence-electron chi connectivity index (χ4n) is 3.42. The molecule has 2 fully saturated rings. The average molecular weight is 330 g/mol. The molecule has 5 nitrogen and oxygen atoms in total. The molecule has 0 aromatic heterocycles. The number of methoxy groups -OCH3 is 1. The Bertz CT molecular complexity index is 614. The Morgan fingerprint density at radius 1 is 1.50 bits per heavy atom. The second kappa shape index (κ2) is 7.81. The van der Waals surface area contributed by atoms with Crippen LogP contribution >= 0.6 is 0 Å². The van der Waals surface area contributed by atoms with E-state index < -0.39 is 0 Å². The quantitative estimate of drug-likeness (QED) is 0.840. The number of allylic oxidation sites excluding steroid dienone is 1. The smallest absolute Gasteiger partial charge is 0.244 e. The zero-order valence-electron chi connectivity index (χ0n) is 14.5. The number of amides is 1. The van der Waals surface area contributed by atoms with Crippen molar-refractivity contribution in [2.24, 2.45) is 0 Å². The van der Waals surface area contributed by atoms with Crippen LogP contribution in [-0.4, -0.2) is 56.3 Å². The molecule has 1 aromatic carbocycles. The van der Waals surface area contributed by atoms with Crippen LogP contribution in [0.1, 0.15) is 25.3 Å². The Morgan fingerprint density at radius 2 is 2.38 bits per heavy atom. The van der Waals surface area contributed by atoms with Crippen LogP contribution in [0.5, 0.6) is 5.75 Å². The monoisotopic (exact) mass is 330 g/mol. The van der Waals surface area contributed by atoms with Crippen LogP contribution in [0, 0.1) is 0 Å². The van der Waals surface area contributed by atoms with E-state index in [0.717, 1.165) is 36.6 Å². The minimum atomic E-state index is -0.0811. The van der Waals surface area contributed by atoms with Gasteiger partial charge in [-0.2, -0.15) is 0 Å². The van der Waals surface area contributed by atoms with E-state index in [1.54, 1.807) is 13.2 Å². The Kier molecular flexibility index (Phi) is 5.53. The van der Waals surface area contributed by atoms with Gasteiger partial charge < -0.3 is 14.8 Å². The van der Waals surface area contributed by atoms with E-state index in [2.05, 4.69) is 10.2 Å². The van der Waals surface area contributed by atoms with Gasteiger partial charge in [0.2, 0.25) is 5.91 Å². The molecule has 2 aliphatic heterocycles. The van der Waals surface area contributed by atoms with E-state index in [1.165, 1.54) is 12.8 Å². The number of nitrogens with zero attached hydrogens (tertiary/aromatic N) is 1. The highest BCUT2D eigenvalue weighted by Gasteiger charge is 2.32. The number of carbonyl (C=O) groups is 1. The van der Waals surface area contributed by atoms with Crippen LogP contribution in [0.25, 0.3) is 5.57 Å². The van der Waals surface area contributed by atoms with E-state index in [1.807, 2.05) is 31.2 Å². The molecule has 0 spiro atoms. The molecule has 0 bridgehead atoms. The zero-order valence-corrected chi connectivity index (χ0v) is 14.5. The van der Waals surface area contributed by atoms with Crippen molar-refractivity contribution in [3.8, 4) is 5.75 Å². The van der Waals surface area contributed by atoms with E-state index in [-0.39, 0.29) is 12.0 Å². The average Bonchev–Trinajstić information content (AvgIpc) is 3.07. The highest BCUT2D eigenvalue weighted by molar-refractivity contribution is 5.94. The maximum atomic E-state index is 12.2. The van der Waals surface area contributed by atoms with Gasteiger partial charge >= 0.3 is 0 Å². The first-order valence-corrected chi connectivity index (χ1v) is 8.62. The van der Waals surface area contributed by atoms with Crippen molar-refractivity contribution in [3.05, 3.63) is 35.9 Å². The van der Waals surface area contributed by atoms with Crippen molar-refractivity contribution in [1.82, 2.24) is 10.2 Å². The summed E-state index contributed by atoms with van der Waals surface area (Å²) in [5.74, 6) is 0.707. The summed E-state index contributed by atoms with van der Waals surface area (Å²) in [7, 11) is 1.64. The normalized spacial score (nSPS) is 24.5. The molecule has 2 atom stereocenters. The first-order chi connectivity index (χ1) is 11.7. The van der Waals surface area contributed by atoms with Gasteiger partial charge in [0.1, 0.15) is 5.75 Å². The number of hydrogen-bond donors (Lipinski definition) is 1. The van der Waals surface area contributed by atoms with Crippen molar-refractivity contribution in [2.75, 3.05) is 33.4 Å². The summed E-state index contributed by atoms with van der Waals surface area (Å²) in [6.45, 7) is 5.36. The molecule has 1 amide bonds. The molecule has 0 radical (unpaired) electrons. The van der Waals surface area contributed by atoms with Crippen molar-refractivity contribution >= 4 is 11.5 Å². The van der Waals surface area contributed by atoms with Gasteiger partial charge in [-0.15, -0.1) is 0 Å². The zero-order chi connectivity index (χ0) is 16.9. The summed E-state index contributed by atoms with van der Waals surface area (Å²) < 4.78 is 11.1. The van der Waals surface area contributed by atoms with Gasteiger partial charge in [0.25, 0.3) is 0 Å². The van der Waals surface area contributed by atoms with Gasteiger partial charge in [0.15, 0.2) is 0 Å². The van der Waals surface area contributed by atoms with Gasteiger partial charge in [-0.25, -0.2) is 0 Å². The Balaban J connectivity index is 1.51. The summed E-state index contributed by atoms with van der Waals surface area (Å²) in [5.41, 5.74) is 1.90. The molecule has 2 saturated heterocycles. The van der Waals surface area contributed by atoms with Crippen LogP contribution in [0.15, 0.2) is 30.3 Å². The molecule has 2 aliphatic rings. The van der Waals surface area contributed by atoms with Crippen LogP contribution in [0.3, 0.4) is 0 Å². The lowest BCUT2D eigenvalue weighted by Crippen LogP contribution is -2.49. The minimum Gasteiger partial charge on any atom is -0.497 e. The second-order valence-electron chi connectivity index (χ2n) is 6.55. The standard InChI is InChI=1S/C19H26N2O3/c1-14(15-5-3-7-17(10-15)23-2)9-19(22)20-11-18-12-21-8-4-6-16(21)13-24-18/h3,5,7,9-10,16,18H,4,6,8,11-13H2,1-2H3,(H,20,22)/b14-9+/t16-,18+/m0/s1. The third-order valence-corrected chi connectivity index (χ3v) is 4.84. The second-order valence-corrected chi connectivity index (χ2v) is 6.55. The van der Waals surface area contributed by atoms with Crippen molar-refractivity contribution in [2.45, 2.75) is 31.9 Å². The lowest BCUT2D eigenvalue weighted by Gasteiger charge is -2.35. The first-order valence-electron chi connectivity index (χ1n) is 8.62. The van der Waals surface area contributed by atoms with Gasteiger partial charge in [-0.05, 0) is 49.6 Å². The lowest BCUT2D eigenvalue weighted by atomic mass is 10.1. The number of benzene rings is 1. The fourth-order valence-corrected chi connectivity index (χ4v) is 3.42. The predicted molar refractivity (Wildman–Crippen MR) is 94.0 cm³/mol. The SMILES string of the molecule is COc1cccc(/C(C)=C/C(=O)NC[C@@H]2CN3CCC[C@H]3CO2)c1. The summed E-state index contributed by atoms with van der Waals surface area (Å²) in [6.07, 6.45) is 4.22. The molecular formula is C19H26N2O3. The number of hydrogen-bond acceptors (Lipinski definition) is 4. The van der Waals surface area contributed by atoms with Gasteiger partial charge in [0.05, 0.1) is 19.8 Å². The Morgan fingerprint density at radius 3 is 3.21 bits per heavy atom. The van der Waals surface area contributed by atoms with Gasteiger partial charge in [-0.1, -0.05) is 12.1 Å². The van der Waals surface area contributed by atoms with Crippen LogP contribution in [0.4, 0.5) is 0 Å². The summed E-state index contributed by atoms with van der Waals surface area (Å²) in [5, 5.41) is 2.96. The largest absolute Gasteiger partial charge is 0.497 e. The van der Waals surface area contributed by atoms with Crippen molar-refractivity contribution in [3.63, 3.8) is 0 Å². The molecule has 1 N–H and O–H groups in total. The highest BCUT2D eigenvalue weighted by atomic mass is 16.5. The van der Waals surface area contributed by atoms with Gasteiger partial charge in [-0.3, -0.25) is 9.69 Å². The summed E-state index contributed by atoms with van der Waals surface area (Å²) >= 11 is 0. The van der Waals surface area contributed by atoms with E-state index in [0.29, 0.717) is 12.6 Å². The number of carbonyl (C=O) groups excluding carboxylic acids is 1. The maximum Gasteiger partial charge on any atom is 0.244 e. The molecular weight excluding hydrogens is 304 g/mol. The molecule has 0 unspecified atom stereocenters. The predicted octanol–water partition coefficient (Wildman–Crippen LogP) is 2.08. The van der Waals surface area contributed by atoms with E-state index in [4.69, 9.17) is 9.47 Å². The molecule has 3 rings (SSSR count). The molecule has 1 aromatic rings. The molecule has 130 valence electrons. The fraction of sp³-hybridized carbons (Fsp3) is 0.526. The molecule has 5 heteroatoms. The lowest BCUT2D eigenvalue weighted by molar-refractivity contribution is -0.118. The van der Waals surface area contributed by atoms with Crippen molar-refractivity contribution in [1.29, 1.82) is 0 Å². The Hall–Kier alpha value is -1.85. The molecule has 0 aliphatic carbocycles. The number of morpholine rings is 1. The van der Waals surface area contributed by atoms with Crippen molar-refractivity contribution < 1.29 is 14.3 Å². The van der Waals surface area contributed by atoms with Crippen LogP contribution < -0.4 is 10.1 Å². The maximum absolute atomic E-state index is 12.2. The minimum absolute atomic E-state index is 0.0811. The third kappa shape index (κ3) is 4.16. The molecule has 0 saturated carbocycles. The topological polar surface area (TPSA) is 50.8 Å². The molecule has 2 heterocycles.